The molecule has 0 unspecified atom stereocenters. The third kappa shape index (κ3) is 2.98. The van der Waals surface area contributed by atoms with Crippen molar-refractivity contribution in [3.63, 3.8) is 0 Å². The van der Waals surface area contributed by atoms with E-state index in [-0.39, 0.29) is 23.0 Å². The summed E-state index contributed by atoms with van der Waals surface area (Å²) in [5.41, 5.74) is 2.27. The molecule has 92 valence electrons. The summed E-state index contributed by atoms with van der Waals surface area (Å²) in [5, 5.41) is 0. The highest BCUT2D eigenvalue weighted by atomic mass is 127. The third-order valence-corrected chi connectivity index (χ3v) is 2.92. The maximum absolute atomic E-state index is 11.5. The fraction of sp³-hybridized carbons (Fsp3) is 0.273. The van der Waals surface area contributed by atoms with E-state index in [9.17, 15) is 4.79 Å². The minimum Gasteiger partial charge on any atom is -0.461 e. The van der Waals surface area contributed by atoms with Crippen LogP contribution in [0.4, 0.5) is 0 Å². The molecule has 0 amide bonds. The minimum absolute atomic E-state index is 0. The van der Waals surface area contributed by atoms with Crippen LogP contribution in [-0.2, 0) is 4.74 Å². The summed E-state index contributed by atoms with van der Waals surface area (Å²) < 4.78 is 7.78. The Bertz CT molecular complexity index is 554. The average molecular weight is 411 g/mol. The Morgan fingerprint density at radius 2 is 2.24 bits per heavy atom. The predicted molar refractivity (Wildman–Crippen MR) is 78.9 cm³/mol. The zero-order valence-electron chi connectivity index (χ0n) is 9.44. The lowest BCUT2D eigenvalue weighted by molar-refractivity contribution is 0.0520. The number of fused-ring (bicyclic) bond motifs is 1. The first-order chi connectivity index (χ1) is 7.61. The molecular weight excluding hydrogens is 399 g/mol. The number of halogens is 2. The Balaban J connectivity index is 0.00000144. The Morgan fingerprint density at radius 3 is 2.88 bits per heavy atom. The van der Waals surface area contributed by atoms with Crippen LogP contribution in [0.5, 0.6) is 0 Å². The topological polar surface area (TPSA) is 43.6 Å². The number of imidazole rings is 1. The number of esters is 1. The van der Waals surface area contributed by atoms with Gasteiger partial charge in [-0.25, -0.2) is 9.78 Å². The maximum Gasteiger partial charge on any atom is 0.358 e. The van der Waals surface area contributed by atoms with Gasteiger partial charge in [0.05, 0.1) is 10.2 Å². The van der Waals surface area contributed by atoms with E-state index in [1.807, 2.05) is 23.6 Å². The molecule has 2 aromatic heterocycles. The van der Waals surface area contributed by atoms with Crippen LogP contribution in [0.25, 0.3) is 5.65 Å². The van der Waals surface area contributed by atoms with Crippen LogP contribution in [0.3, 0.4) is 0 Å². The first-order valence-corrected chi connectivity index (χ1v) is 6.01. The second-order valence-electron chi connectivity index (χ2n) is 3.44. The van der Waals surface area contributed by atoms with Crippen molar-refractivity contribution < 1.29 is 9.53 Å². The zero-order valence-corrected chi connectivity index (χ0v) is 13.3. The van der Waals surface area contributed by atoms with Crippen molar-refractivity contribution >= 4 is 51.2 Å². The van der Waals surface area contributed by atoms with Crippen molar-refractivity contribution in [2.24, 2.45) is 0 Å². The molecule has 0 radical (unpaired) electrons. The smallest absolute Gasteiger partial charge is 0.358 e. The summed E-state index contributed by atoms with van der Waals surface area (Å²) in [7, 11) is 0. The molecule has 0 N–H and O–H groups in total. The van der Waals surface area contributed by atoms with Gasteiger partial charge in [-0.05, 0) is 48.1 Å². The van der Waals surface area contributed by atoms with Gasteiger partial charge in [-0.3, -0.25) is 0 Å². The molecule has 0 aliphatic rings. The molecule has 0 saturated heterocycles. The van der Waals surface area contributed by atoms with Crippen molar-refractivity contribution in [2.45, 2.75) is 13.8 Å². The van der Waals surface area contributed by atoms with Crippen LogP contribution < -0.4 is 0 Å². The normalized spacial score (nSPS) is 10.1. The molecule has 0 aliphatic heterocycles. The molecule has 0 aliphatic carbocycles. The third-order valence-electron chi connectivity index (χ3n) is 2.13. The molecule has 0 atom stereocenters. The van der Waals surface area contributed by atoms with Crippen LogP contribution >= 0.6 is 39.6 Å². The second-order valence-corrected chi connectivity index (χ2v) is 4.61. The molecule has 2 aromatic rings. The van der Waals surface area contributed by atoms with Gasteiger partial charge in [-0.15, -0.1) is 17.0 Å². The fourth-order valence-electron chi connectivity index (χ4n) is 1.49. The van der Waals surface area contributed by atoms with E-state index in [4.69, 9.17) is 4.74 Å². The van der Waals surface area contributed by atoms with Crippen molar-refractivity contribution in [3.8, 4) is 0 Å². The summed E-state index contributed by atoms with van der Waals surface area (Å²) in [6, 6.07) is 2.03. The summed E-state index contributed by atoms with van der Waals surface area (Å²) in [5.74, 6) is -0.375. The zero-order chi connectivity index (χ0) is 11.7. The fourth-order valence-corrected chi connectivity index (χ4v) is 2.38. The van der Waals surface area contributed by atoms with Gasteiger partial charge in [0.2, 0.25) is 0 Å². The Labute approximate surface area is 123 Å². The first kappa shape index (κ1) is 14.4. The van der Waals surface area contributed by atoms with E-state index >= 15 is 0 Å². The molecule has 0 spiro atoms. The minimum atomic E-state index is -0.375. The van der Waals surface area contributed by atoms with Gasteiger partial charge in [-0.1, -0.05) is 0 Å². The number of carbonyl (C=O) groups is 1. The molecular formula is C11H12BrIN2O2. The highest BCUT2D eigenvalue weighted by Crippen LogP contribution is 2.16. The molecule has 2 heterocycles. The van der Waals surface area contributed by atoms with E-state index in [0.29, 0.717) is 12.3 Å². The van der Waals surface area contributed by atoms with Gasteiger partial charge in [0.1, 0.15) is 0 Å². The molecule has 0 fully saturated rings. The largest absolute Gasteiger partial charge is 0.461 e. The highest BCUT2D eigenvalue weighted by molar-refractivity contribution is 14.1. The number of hydrogen-bond acceptors (Lipinski definition) is 3. The summed E-state index contributed by atoms with van der Waals surface area (Å²) in [6.45, 7) is 4.15. The van der Waals surface area contributed by atoms with E-state index in [1.165, 1.54) is 0 Å². The van der Waals surface area contributed by atoms with Gasteiger partial charge in [0, 0.05) is 12.4 Å². The molecule has 0 saturated carbocycles. The first-order valence-electron chi connectivity index (χ1n) is 4.93. The lowest BCUT2D eigenvalue weighted by Gasteiger charge is -1.97. The molecule has 2 rings (SSSR count). The lowest BCUT2D eigenvalue weighted by atomic mass is 10.3. The molecule has 6 heteroatoms. The number of rotatable bonds is 2. The van der Waals surface area contributed by atoms with E-state index < -0.39 is 0 Å². The average Bonchev–Trinajstić information content (AvgIpc) is 2.62. The number of ether oxygens (including phenoxy) is 1. The predicted octanol–water partition coefficient (Wildman–Crippen LogP) is 3.00. The van der Waals surface area contributed by atoms with E-state index in [2.05, 4.69) is 27.6 Å². The number of nitrogens with zero attached hydrogens (tertiary/aromatic N) is 2. The lowest BCUT2D eigenvalue weighted by Crippen LogP contribution is -2.04. The standard InChI is InChI=1S/C11H11IN2O2.BrH/c1-3-16-11(15)9-6-14-5-7(2)4-8(12)10(14)13-9;/h4-6H,3H2,1-2H3;1H. The van der Waals surface area contributed by atoms with Crippen LogP contribution in [0.15, 0.2) is 18.5 Å². The number of pyridine rings is 1. The van der Waals surface area contributed by atoms with Crippen molar-refractivity contribution in [3.05, 3.63) is 33.3 Å². The molecule has 0 aromatic carbocycles. The molecule has 17 heavy (non-hydrogen) atoms. The monoisotopic (exact) mass is 410 g/mol. The quantitative estimate of drug-likeness (QED) is 0.564. The number of hydrogen-bond donors (Lipinski definition) is 0. The van der Waals surface area contributed by atoms with Gasteiger partial charge >= 0.3 is 5.97 Å². The summed E-state index contributed by atoms with van der Waals surface area (Å²) in [4.78, 5) is 15.8. The number of aromatic nitrogens is 2. The van der Waals surface area contributed by atoms with Crippen molar-refractivity contribution in [1.82, 2.24) is 9.38 Å². The second kappa shape index (κ2) is 5.81. The van der Waals surface area contributed by atoms with Crippen LogP contribution in [-0.4, -0.2) is 22.0 Å². The van der Waals surface area contributed by atoms with Crippen molar-refractivity contribution in [2.75, 3.05) is 6.61 Å². The Hall–Kier alpha value is -0.630. The summed E-state index contributed by atoms with van der Waals surface area (Å²) >= 11 is 2.21. The van der Waals surface area contributed by atoms with Gasteiger partial charge in [-0.2, -0.15) is 0 Å². The van der Waals surface area contributed by atoms with Crippen molar-refractivity contribution in [1.29, 1.82) is 0 Å². The Kier molecular flexibility index (Phi) is 4.93. The van der Waals surface area contributed by atoms with Gasteiger partial charge in [0.15, 0.2) is 11.3 Å². The van der Waals surface area contributed by atoms with Crippen LogP contribution in [0.1, 0.15) is 23.0 Å². The van der Waals surface area contributed by atoms with E-state index in [0.717, 1.165) is 14.8 Å². The molecule has 4 nitrogen and oxygen atoms in total. The SMILES string of the molecule is Br.CCOC(=O)c1cn2cc(C)cc(I)c2n1. The Morgan fingerprint density at radius 1 is 1.53 bits per heavy atom. The van der Waals surface area contributed by atoms with Crippen LogP contribution in [0, 0.1) is 10.5 Å². The van der Waals surface area contributed by atoms with Crippen LogP contribution in [0.2, 0.25) is 0 Å². The van der Waals surface area contributed by atoms with Gasteiger partial charge < -0.3 is 9.14 Å². The maximum atomic E-state index is 11.5. The molecule has 0 bridgehead atoms. The number of carbonyl (C=O) groups excluding carboxylic acids is 1. The highest BCUT2D eigenvalue weighted by Gasteiger charge is 2.13. The summed E-state index contributed by atoms with van der Waals surface area (Å²) in [6.07, 6.45) is 3.63. The van der Waals surface area contributed by atoms with E-state index in [1.54, 1.807) is 13.1 Å². The number of aryl methyl sites for hydroxylation is 1. The van der Waals surface area contributed by atoms with Gasteiger partial charge in [0.25, 0.3) is 0 Å².